The first kappa shape index (κ1) is 21.8. The number of fused-ring (bicyclic) bond motifs is 1. The van der Waals surface area contributed by atoms with Gasteiger partial charge in [0.25, 0.3) is 0 Å². The number of H-pyrrole nitrogens is 1. The van der Waals surface area contributed by atoms with Crippen molar-refractivity contribution in [1.82, 2.24) is 25.3 Å². The molecule has 2 N–H and O–H groups in total. The fraction of sp³-hybridized carbons (Fsp3) is 0.125. The number of hydrogen-bond donors (Lipinski definition) is 2. The molecule has 0 saturated heterocycles. The Balaban J connectivity index is 1.11. The largest absolute Gasteiger partial charge is 0.339 e. The minimum atomic E-state index is -0.339. The van der Waals surface area contributed by atoms with Gasteiger partial charge in [-0.3, -0.25) is 9.89 Å². The molecule has 0 radical (unpaired) electrons. The first-order valence-electron chi connectivity index (χ1n) is 10.5. The number of nitrogens with zero attached hydrogens (tertiary/aromatic N) is 4. The molecule has 2 heterocycles. The topological polar surface area (TPSA) is 110 Å². The molecule has 8 nitrogen and oxygen atoms in total. The van der Waals surface area contributed by atoms with Crippen LogP contribution in [-0.2, 0) is 17.0 Å². The number of nitrogens with one attached hydrogen (secondary N) is 2. The van der Waals surface area contributed by atoms with Gasteiger partial charge < -0.3 is 9.84 Å². The van der Waals surface area contributed by atoms with Crippen LogP contribution in [0.5, 0.6) is 0 Å². The van der Waals surface area contributed by atoms with Crippen molar-refractivity contribution in [2.75, 3.05) is 5.32 Å². The number of aryl methyl sites for hydroxylation is 1. The Kier molecular flexibility index (Phi) is 6.30. The third kappa shape index (κ3) is 5.29. The summed E-state index contributed by atoms with van der Waals surface area (Å²) in [7, 11) is 0. The summed E-state index contributed by atoms with van der Waals surface area (Å²) < 4.78 is 18.6. The molecule has 0 saturated carbocycles. The van der Waals surface area contributed by atoms with E-state index in [2.05, 4.69) is 30.6 Å². The molecule has 0 aliphatic carbocycles. The lowest BCUT2D eigenvalue weighted by molar-refractivity contribution is -0.116. The second-order valence-corrected chi connectivity index (χ2v) is 8.42. The highest BCUT2D eigenvalue weighted by Gasteiger charge is 2.12. The van der Waals surface area contributed by atoms with Gasteiger partial charge >= 0.3 is 0 Å². The van der Waals surface area contributed by atoms with Gasteiger partial charge in [0.1, 0.15) is 5.82 Å². The third-order valence-corrected chi connectivity index (χ3v) is 5.85. The average molecular weight is 475 g/mol. The van der Waals surface area contributed by atoms with Crippen molar-refractivity contribution in [3.05, 3.63) is 84.3 Å². The first-order valence-corrected chi connectivity index (χ1v) is 11.5. The van der Waals surface area contributed by atoms with Gasteiger partial charge in [-0.1, -0.05) is 59.4 Å². The van der Waals surface area contributed by atoms with Gasteiger partial charge in [-0.25, -0.2) is 9.37 Å². The van der Waals surface area contributed by atoms with Gasteiger partial charge in [-0.2, -0.15) is 4.98 Å². The molecule has 3 aromatic carbocycles. The van der Waals surface area contributed by atoms with Gasteiger partial charge in [0.05, 0.1) is 5.75 Å². The van der Waals surface area contributed by atoms with Crippen LogP contribution in [0.4, 0.5) is 10.1 Å². The molecule has 5 aromatic rings. The van der Waals surface area contributed by atoms with Gasteiger partial charge in [-0.15, -0.1) is 5.10 Å². The number of halogens is 1. The van der Waals surface area contributed by atoms with Crippen LogP contribution < -0.4 is 5.32 Å². The van der Waals surface area contributed by atoms with Crippen molar-refractivity contribution < 1.29 is 13.7 Å². The number of anilines is 1. The van der Waals surface area contributed by atoms with Gasteiger partial charge in [-0.05, 0) is 35.0 Å². The van der Waals surface area contributed by atoms with Crippen LogP contribution in [0.1, 0.15) is 18.1 Å². The molecule has 0 aliphatic rings. The highest BCUT2D eigenvalue weighted by Crippen LogP contribution is 2.22. The summed E-state index contributed by atoms with van der Waals surface area (Å²) in [5, 5.41) is 16.4. The predicted molar refractivity (Wildman–Crippen MR) is 127 cm³/mol. The smallest absolute Gasteiger partial charge is 0.227 e. The molecule has 5 rings (SSSR count). The van der Waals surface area contributed by atoms with Crippen molar-refractivity contribution >= 4 is 34.1 Å². The number of rotatable bonds is 8. The van der Waals surface area contributed by atoms with Crippen LogP contribution in [0.3, 0.4) is 0 Å². The van der Waals surface area contributed by atoms with Crippen molar-refractivity contribution in [2.24, 2.45) is 0 Å². The maximum Gasteiger partial charge on any atom is 0.227 e. The molecule has 0 atom stereocenters. The van der Waals surface area contributed by atoms with E-state index in [1.165, 1.54) is 23.9 Å². The highest BCUT2D eigenvalue weighted by molar-refractivity contribution is 7.98. The van der Waals surface area contributed by atoms with Gasteiger partial charge in [0, 0.05) is 24.1 Å². The van der Waals surface area contributed by atoms with E-state index in [0.29, 0.717) is 40.4 Å². The molecule has 0 fully saturated rings. The second-order valence-electron chi connectivity index (χ2n) is 7.48. The fourth-order valence-electron chi connectivity index (χ4n) is 3.37. The number of carbonyl (C=O) groups excluding carboxylic acids is 1. The number of carbonyl (C=O) groups is 1. The Morgan fingerprint density at radius 2 is 1.91 bits per heavy atom. The number of aromatic nitrogens is 5. The van der Waals surface area contributed by atoms with Crippen molar-refractivity contribution in [3.8, 4) is 11.4 Å². The lowest BCUT2D eigenvalue weighted by Crippen LogP contribution is -2.12. The molecule has 0 bridgehead atoms. The van der Waals surface area contributed by atoms with Gasteiger partial charge in [0.2, 0.25) is 17.0 Å². The zero-order valence-electron chi connectivity index (χ0n) is 17.9. The Bertz CT molecular complexity index is 1450. The van der Waals surface area contributed by atoms with Crippen LogP contribution in [0.2, 0.25) is 0 Å². The van der Waals surface area contributed by atoms with E-state index in [1.54, 1.807) is 12.1 Å². The molecule has 2 aromatic heterocycles. The van der Waals surface area contributed by atoms with Crippen LogP contribution in [0, 0.1) is 5.82 Å². The minimum absolute atomic E-state index is 0.130. The Morgan fingerprint density at radius 3 is 2.79 bits per heavy atom. The maximum atomic E-state index is 13.4. The lowest BCUT2D eigenvalue weighted by atomic mass is 10.1. The van der Waals surface area contributed by atoms with Crippen LogP contribution in [-0.4, -0.2) is 31.2 Å². The Hall–Kier alpha value is -4.05. The van der Waals surface area contributed by atoms with Crippen molar-refractivity contribution in [1.29, 1.82) is 0 Å². The molecule has 0 spiro atoms. The van der Waals surface area contributed by atoms with Crippen molar-refractivity contribution in [3.63, 3.8) is 0 Å². The van der Waals surface area contributed by atoms with E-state index < -0.39 is 0 Å². The van der Waals surface area contributed by atoms with Crippen LogP contribution in [0.25, 0.3) is 22.2 Å². The molecule has 0 aliphatic heterocycles. The predicted octanol–water partition coefficient (Wildman–Crippen LogP) is 5.01. The summed E-state index contributed by atoms with van der Waals surface area (Å²) in [6.07, 6.45) is 0.557. The van der Waals surface area contributed by atoms with E-state index in [0.717, 1.165) is 16.5 Å². The van der Waals surface area contributed by atoms with E-state index >= 15 is 0 Å². The molecule has 34 heavy (non-hydrogen) atoms. The minimum Gasteiger partial charge on any atom is -0.339 e. The second kappa shape index (κ2) is 9.84. The quantitative estimate of drug-likeness (QED) is 0.304. The molecule has 170 valence electrons. The first-order chi connectivity index (χ1) is 16.6. The molecule has 0 unspecified atom stereocenters. The lowest BCUT2D eigenvalue weighted by Gasteiger charge is -2.05. The normalized spacial score (nSPS) is 11.1. The monoisotopic (exact) mass is 474 g/mol. The number of thioether (sulfide) groups is 1. The summed E-state index contributed by atoms with van der Waals surface area (Å²) in [4.78, 5) is 21.0. The summed E-state index contributed by atoms with van der Waals surface area (Å²) >= 11 is 1.32. The molecular formula is C24H19FN6O2S. The molecule has 1 amide bonds. The summed E-state index contributed by atoms with van der Waals surface area (Å²) in [5.74, 6) is 1.27. The zero-order chi connectivity index (χ0) is 23.3. The zero-order valence-corrected chi connectivity index (χ0v) is 18.7. The Labute approximate surface area is 198 Å². The SMILES string of the molecule is O=C(CCc1nc(CSc2n[nH]c(-c3cccc(F)c3)n2)no1)Nc1ccc2ccccc2c1. The van der Waals surface area contributed by atoms with Gasteiger partial charge in [0.15, 0.2) is 11.6 Å². The number of aromatic amines is 1. The third-order valence-electron chi connectivity index (χ3n) is 5.00. The van der Waals surface area contributed by atoms with E-state index in [-0.39, 0.29) is 18.1 Å². The standard InChI is InChI=1S/C24H19FN6O2S/c25-18-7-3-6-17(12-18)23-28-24(30-29-23)34-14-20-27-22(33-31-20)11-10-21(32)26-19-9-8-15-4-1-2-5-16(15)13-19/h1-9,12-13H,10-11,14H2,(H,26,32)(H,28,29,30). The number of benzene rings is 3. The molecular weight excluding hydrogens is 455 g/mol. The number of hydrogen-bond acceptors (Lipinski definition) is 7. The number of amides is 1. The van der Waals surface area contributed by atoms with Crippen LogP contribution in [0.15, 0.2) is 76.4 Å². The van der Waals surface area contributed by atoms with E-state index in [9.17, 15) is 9.18 Å². The van der Waals surface area contributed by atoms with Crippen LogP contribution >= 0.6 is 11.8 Å². The van der Waals surface area contributed by atoms with E-state index in [4.69, 9.17) is 4.52 Å². The fourth-order valence-corrected chi connectivity index (χ4v) is 4.01. The molecule has 10 heteroatoms. The Morgan fingerprint density at radius 1 is 1.03 bits per heavy atom. The summed E-state index contributed by atoms with van der Waals surface area (Å²) in [6, 6.07) is 19.9. The maximum absolute atomic E-state index is 13.4. The summed E-state index contributed by atoms with van der Waals surface area (Å²) in [5.41, 5.74) is 1.36. The summed E-state index contributed by atoms with van der Waals surface area (Å²) in [6.45, 7) is 0. The highest BCUT2D eigenvalue weighted by atomic mass is 32.2. The van der Waals surface area contributed by atoms with Crippen molar-refractivity contribution in [2.45, 2.75) is 23.8 Å². The average Bonchev–Trinajstić information content (AvgIpc) is 3.51. The van der Waals surface area contributed by atoms with E-state index in [1.807, 2.05) is 42.5 Å².